The highest BCUT2D eigenvalue weighted by molar-refractivity contribution is 5.04. The van der Waals surface area contributed by atoms with E-state index in [9.17, 15) is 5.11 Å². The molecule has 0 spiro atoms. The van der Waals surface area contributed by atoms with E-state index in [4.69, 9.17) is 10.5 Å². The lowest BCUT2D eigenvalue weighted by atomic mass is 9.77. The Labute approximate surface area is 73.9 Å². The first-order valence-electron chi connectivity index (χ1n) is 4.61. The second kappa shape index (κ2) is 3.32. The van der Waals surface area contributed by atoms with Crippen LogP contribution in [0.25, 0.3) is 0 Å². The van der Waals surface area contributed by atoms with Gasteiger partial charge in [-0.1, -0.05) is 19.8 Å². The second-order valence-electron chi connectivity index (χ2n) is 4.05. The molecule has 1 aliphatic rings. The van der Waals surface area contributed by atoms with Gasteiger partial charge in [0.25, 0.3) is 0 Å². The fraction of sp³-hybridized carbons (Fsp3) is 1.00. The Bertz CT molecular complexity index is 153. The van der Waals surface area contributed by atoms with Gasteiger partial charge in [0.05, 0.1) is 13.2 Å². The van der Waals surface area contributed by atoms with Crippen LogP contribution in [0.5, 0.6) is 0 Å². The van der Waals surface area contributed by atoms with Gasteiger partial charge in [-0.15, -0.1) is 0 Å². The summed E-state index contributed by atoms with van der Waals surface area (Å²) in [5, 5.41) is 9.91. The number of nitrogens with two attached hydrogens (primary N) is 1. The van der Waals surface area contributed by atoms with E-state index in [1.54, 1.807) is 0 Å². The minimum absolute atomic E-state index is 0.393. The van der Waals surface area contributed by atoms with Gasteiger partial charge in [-0.05, 0) is 13.3 Å². The molecule has 0 saturated carbocycles. The van der Waals surface area contributed by atoms with Crippen molar-refractivity contribution in [3.8, 4) is 0 Å². The van der Waals surface area contributed by atoms with Crippen LogP contribution in [0.3, 0.4) is 0 Å². The largest absolute Gasteiger partial charge is 0.383 e. The zero-order valence-corrected chi connectivity index (χ0v) is 7.97. The summed E-state index contributed by atoms with van der Waals surface area (Å²) in [6, 6.07) is 0. The van der Waals surface area contributed by atoms with Crippen LogP contribution in [0.4, 0.5) is 0 Å². The molecule has 0 radical (unpaired) electrons. The number of hydrogen-bond donors (Lipinski definition) is 2. The first-order valence-corrected chi connectivity index (χ1v) is 4.61. The van der Waals surface area contributed by atoms with Gasteiger partial charge in [0, 0.05) is 5.54 Å². The van der Waals surface area contributed by atoms with Crippen LogP contribution in [0.1, 0.15) is 33.1 Å². The SMILES string of the molecule is CCCCC(C)(N)C1(O)COC1. The summed E-state index contributed by atoms with van der Waals surface area (Å²) in [4.78, 5) is 0. The summed E-state index contributed by atoms with van der Waals surface area (Å²) >= 11 is 0. The Kier molecular flexibility index (Phi) is 2.76. The van der Waals surface area contributed by atoms with Gasteiger partial charge in [0.15, 0.2) is 0 Å². The van der Waals surface area contributed by atoms with Gasteiger partial charge in [-0.2, -0.15) is 0 Å². The predicted molar refractivity (Wildman–Crippen MR) is 47.9 cm³/mol. The Hall–Kier alpha value is -0.120. The number of hydrogen-bond acceptors (Lipinski definition) is 3. The fourth-order valence-electron chi connectivity index (χ4n) is 1.40. The maximum absolute atomic E-state index is 9.91. The van der Waals surface area contributed by atoms with Crippen molar-refractivity contribution in [3.63, 3.8) is 0 Å². The molecule has 12 heavy (non-hydrogen) atoms. The second-order valence-corrected chi connectivity index (χ2v) is 4.05. The molecule has 3 N–H and O–H groups in total. The average Bonchev–Trinajstić information content (AvgIpc) is 1.96. The summed E-state index contributed by atoms with van der Waals surface area (Å²) in [6.07, 6.45) is 3.04. The highest BCUT2D eigenvalue weighted by atomic mass is 16.5. The van der Waals surface area contributed by atoms with Crippen molar-refractivity contribution < 1.29 is 9.84 Å². The molecule has 1 fully saturated rings. The smallest absolute Gasteiger partial charge is 0.129 e. The normalized spacial score (nSPS) is 26.0. The third-order valence-electron chi connectivity index (χ3n) is 2.79. The zero-order valence-electron chi connectivity index (χ0n) is 7.97. The van der Waals surface area contributed by atoms with Crippen LogP contribution in [0.2, 0.25) is 0 Å². The lowest BCUT2D eigenvalue weighted by Gasteiger charge is -2.48. The van der Waals surface area contributed by atoms with Gasteiger partial charge in [-0.3, -0.25) is 0 Å². The fourth-order valence-corrected chi connectivity index (χ4v) is 1.40. The van der Waals surface area contributed by atoms with E-state index in [0.717, 1.165) is 19.3 Å². The quantitative estimate of drug-likeness (QED) is 0.656. The molecule has 3 nitrogen and oxygen atoms in total. The molecule has 0 amide bonds. The topological polar surface area (TPSA) is 55.5 Å². The molecule has 1 rings (SSSR count). The van der Waals surface area contributed by atoms with Crippen LogP contribution >= 0.6 is 0 Å². The first-order chi connectivity index (χ1) is 5.52. The predicted octanol–water partition coefficient (Wildman–Crippen LogP) is 0.655. The van der Waals surface area contributed by atoms with Crippen molar-refractivity contribution in [2.75, 3.05) is 13.2 Å². The highest BCUT2D eigenvalue weighted by Gasteiger charge is 2.49. The van der Waals surface area contributed by atoms with E-state index in [0.29, 0.717) is 13.2 Å². The van der Waals surface area contributed by atoms with Crippen molar-refractivity contribution in [1.82, 2.24) is 0 Å². The summed E-state index contributed by atoms with van der Waals surface area (Å²) in [5.41, 5.74) is 4.75. The Morgan fingerprint density at radius 3 is 2.50 bits per heavy atom. The third kappa shape index (κ3) is 1.63. The van der Waals surface area contributed by atoms with Crippen LogP contribution in [0.15, 0.2) is 0 Å². The van der Waals surface area contributed by atoms with E-state index in [-0.39, 0.29) is 0 Å². The lowest BCUT2D eigenvalue weighted by molar-refractivity contribution is -0.212. The molecular formula is C9H19NO2. The van der Waals surface area contributed by atoms with E-state index < -0.39 is 11.1 Å². The Morgan fingerprint density at radius 2 is 2.17 bits per heavy atom. The molecule has 72 valence electrons. The Balaban J connectivity index is 2.45. The number of ether oxygens (including phenoxy) is 1. The molecule has 0 aliphatic carbocycles. The van der Waals surface area contributed by atoms with Crippen molar-refractivity contribution in [2.45, 2.75) is 44.2 Å². The molecule has 1 aliphatic heterocycles. The molecule has 3 heteroatoms. The first kappa shape index (κ1) is 9.96. The third-order valence-corrected chi connectivity index (χ3v) is 2.79. The van der Waals surface area contributed by atoms with Crippen LogP contribution < -0.4 is 5.73 Å². The number of rotatable bonds is 4. The van der Waals surface area contributed by atoms with Gasteiger partial charge in [0.1, 0.15) is 5.60 Å². The van der Waals surface area contributed by atoms with Crippen LogP contribution in [-0.4, -0.2) is 29.5 Å². The highest BCUT2D eigenvalue weighted by Crippen LogP contribution is 2.31. The number of aliphatic hydroxyl groups is 1. The van der Waals surface area contributed by atoms with E-state index >= 15 is 0 Å². The van der Waals surface area contributed by atoms with E-state index in [1.165, 1.54) is 0 Å². The van der Waals surface area contributed by atoms with Gasteiger partial charge >= 0.3 is 0 Å². The van der Waals surface area contributed by atoms with Crippen molar-refractivity contribution >= 4 is 0 Å². The average molecular weight is 173 g/mol. The van der Waals surface area contributed by atoms with E-state index in [2.05, 4.69) is 6.92 Å². The number of unbranched alkanes of at least 4 members (excludes halogenated alkanes) is 1. The van der Waals surface area contributed by atoms with Crippen molar-refractivity contribution in [1.29, 1.82) is 0 Å². The summed E-state index contributed by atoms with van der Waals surface area (Å²) in [7, 11) is 0. The zero-order chi connectivity index (χ0) is 9.24. The van der Waals surface area contributed by atoms with Gasteiger partial charge < -0.3 is 15.6 Å². The molecular weight excluding hydrogens is 154 g/mol. The molecule has 1 saturated heterocycles. The molecule has 1 atom stereocenters. The minimum Gasteiger partial charge on any atom is -0.383 e. The van der Waals surface area contributed by atoms with Gasteiger partial charge in [-0.25, -0.2) is 0 Å². The molecule has 0 bridgehead atoms. The Morgan fingerprint density at radius 1 is 1.58 bits per heavy atom. The summed E-state index contributed by atoms with van der Waals surface area (Å²) in [5.74, 6) is 0. The summed E-state index contributed by atoms with van der Waals surface area (Å²) < 4.78 is 4.97. The standard InChI is InChI=1S/C9H19NO2/c1-3-4-5-8(2,10)9(11)6-12-7-9/h11H,3-7,10H2,1-2H3. The molecule has 0 aromatic carbocycles. The minimum atomic E-state index is -0.776. The monoisotopic (exact) mass is 173 g/mol. The molecule has 1 heterocycles. The molecule has 0 aromatic rings. The van der Waals surface area contributed by atoms with E-state index in [1.807, 2.05) is 6.92 Å². The van der Waals surface area contributed by atoms with Crippen LogP contribution in [0, 0.1) is 0 Å². The summed E-state index contributed by atoms with van der Waals surface area (Å²) in [6.45, 7) is 4.82. The van der Waals surface area contributed by atoms with Crippen LogP contribution in [-0.2, 0) is 4.74 Å². The lowest BCUT2D eigenvalue weighted by Crippen LogP contribution is -2.68. The maximum Gasteiger partial charge on any atom is 0.129 e. The maximum atomic E-state index is 9.91. The van der Waals surface area contributed by atoms with Crippen molar-refractivity contribution in [2.24, 2.45) is 5.73 Å². The molecule has 0 aromatic heterocycles. The van der Waals surface area contributed by atoms with Gasteiger partial charge in [0.2, 0.25) is 0 Å². The van der Waals surface area contributed by atoms with Crippen molar-refractivity contribution in [3.05, 3.63) is 0 Å². The molecule has 1 unspecified atom stereocenters.